The molecule has 0 bridgehead atoms. The highest BCUT2D eigenvalue weighted by atomic mass is 19.3. The van der Waals surface area contributed by atoms with Gasteiger partial charge in [0.15, 0.2) is 11.6 Å². The Morgan fingerprint density at radius 2 is 2.00 bits per heavy atom. The molecular weight excluding hydrogens is 406 g/mol. The van der Waals surface area contributed by atoms with E-state index in [1.807, 2.05) is 13.8 Å². The van der Waals surface area contributed by atoms with Crippen molar-refractivity contribution in [1.29, 1.82) is 0 Å². The number of hydrogen-bond acceptors (Lipinski definition) is 7. The summed E-state index contributed by atoms with van der Waals surface area (Å²) in [6.45, 7) is 4.77. The first-order valence-corrected chi connectivity index (χ1v) is 10.5. The number of nitrogens with two attached hydrogens (primary N) is 2. The van der Waals surface area contributed by atoms with Gasteiger partial charge in [0, 0.05) is 35.1 Å². The molecule has 9 heteroatoms. The molecule has 0 saturated heterocycles. The van der Waals surface area contributed by atoms with Crippen LogP contribution in [-0.2, 0) is 4.74 Å². The molecule has 7 nitrogen and oxygen atoms in total. The molecule has 1 aromatic rings. The maximum absolute atomic E-state index is 12.6. The molecule has 2 unspecified atom stereocenters. The van der Waals surface area contributed by atoms with Crippen molar-refractivity contribution in [1.82, 2.24) is 4.98 Å². The zero-order chi connectivity index (χ0) is 22.9. The Balaban J connectivity index is 1.72. The van der Waals surface area contributed by atoms with Crippen LogP contribution < -0.4 is 16.2 Å². The largest absolute Gasteiger partial charge is 0.431 e. The first kappa shape index (κ1) is 23.4. The summed E-state index contributed by atoms with van der Waals surface area (Å²) in [5, 5.41) is 9.86. The molecule has 2 saturated carbocycles. The number of alkyl halides is 2. The van der Waals surface area contributed by atoms with E-state index >= 15 is 0 Å². The van der Waals surface area contributed by atoms with Gasteiger partial charge >= 0.3 is 6.61 Å². The van der Waals surface area contributed by atoms with Gasteiger partial charge in [-0.25, -0.2) is 4.98 Å². The monoisotopic (exact) mass is 438 g/mol. The summed E-state index contributed by atoms with van der Waals surface area (Å²) in [7, 11) is 0. The van der Waals surface area contributed by atoms with Gasteiger partial charge in [0.05, 0.1) is 18.3 Å². The molecule has 3 rings (SSSR count). The van der Waals surface area contributed by atoms with Gasteiger partial charge in [0.1, 0.15) is 0 Å². The Kier molecular flexibility index (Phi) is 6.85. The van der Waals surface area contributed by atoms with Crippen LogP contribution in [0, 0.1) is 17.8 Å². The van der Waals surface area contributed by atoms with Gasteiger partial charge in [0.2, 0.25) is 0 Å². The zero-order valence-electron chi connectivity index (χ0n) is 18.4. The van der Waals surface area contributed by atoms with Crippen molar-refractivity contribution in [3.63, 3.8) is 0 Å². The minimum absolute atomic E-state index is 0.0879. The number of aliphatic hydroxyl groups is 1. The van der Waals surface area contributed by atoms with E-state index in [1.165, 1.54) is 12.3 Å². The molecule has 2 fully saturated rings. The van der Waals surface area contributed by atoms with Gasteiger partial charge in [0.25, 0.3) is 0 Å². The Hall–Kier alpha value is -2.26. The average Bonchev–Trinajstić information content (AvgIpc) is 3.14. The number of pyridine rings is 1. The minimum Gasteiger partial charge on any atom is -0.431 e. The second kappa shape index (κ2) is 9.08. The number of hydrogen-bond donors (Lipinski definition) is 3. The van der Waals surface area contributed by atoms with E-state index in [0.717, 1.165) is 18.6 Å². The summed E-state index contributed by atoms with van der Waals surface area (Å²) >= 11 is 0. The number of aromatic nitrogens is 1. The van der Waals surface area contributed by atoms with Crippen LogP contribution in [0.2, 0.25) is 0 Å². The van der Waals surface area contributed by atoms with Crippen molar-refractivity contribution < 1.29 is 23.4 Å². The summed E-state index contributed by atoms with van der Waals surface area (Å²) in [4.78, 5) is 8.68. The molecule has 2 aliphatic rings. The normalized spacial score (nSPS) is 26.5. The van der Waals surface area contributed by atoms with Gasteiger partial charge < -0.3 is 26.0 Å². The van der Waals surface area contributed by atoms with Gasteiger partial charge in [-0.2, -0.15) is 8.78 Å². The van der Waals surface area contributed by atoms with Crippen molar-refractivity contribution >= 4 is 17.2 Å². The predicted octanol–water partition coefficient (Wildman–Crippen LogP) is 3.23. The first-order valence-electron chi connectivity index (χ1n) is 10.5. The van der Waals surface area contributed by atoms with Crippen LogP contribution in [0.15, 0.2) is 23.3 Å². The second-order valence-electron chi connectivity index (χ2n) is 9.30. The third-order valence-electron chi connectivity index (χ3n) is 5.56. The number of anilines is 1. The van der Waals surface area contributed by atoms with Gasteiger partial charge in [-0.05, 0) is 64.5 Å². The molecule has 1 heterocycles. The predicted molar refractivity (Wildman–Crippen MR) is 116 cm³/mol. The van der Waals surface area contributed by atoms with Gasteiger partial charge in [-0.3, -0.25) is 4.99 Å². The quantitative estimate of drug-likeness (QED) is 0.510. The summed E-state index contributed by atoms with van der Waals surface area (Å²) in [5.41, 5.74) is 12.7. The van der Waals surface area contributed by atoms with Gasteiger partial charge in [-0.1, -0.05) is 0 Å². The number of halogens is 2. The third kappa shape index (κ3) is 6.13. The number of nitrogens with zero attached hydrogens (tertiary/aromatic N) is 2. The number of nitrogen functional groups attached to an aromatic ring is 1. The van der Waals surface area contributed by atoms with E-state index in [2.05, 4.69) is 9.72 Å². The summed E-state index contributed by atoms with van der Waals surface area (Å²) in [6, 6.07) is 1.45. The van der Waals surface area contributed by atoms with E-state index < -0.39 is 12.2 Å². The molecule has 31 heavy (non-hydrogen) atoms. The third-order valence-corrected chi connectivity index (χ3v) is 5.56. The van der Waals surface area contributed by atoms with Crippen molar-refractivity contribution in [3.05, 3.63) is 23.9 Å². The van der Waals surface area contributed by atoms with E-state index in [-0.39, 0.29) is 23.7 Å². The molecular formula is C22H32F2N4O3. The van der Waals surface area contributed by atoms with Crippen LogP contribution in [0.3, 0.4) is 0 Å². The maximum Gasteiger partial charge on any atom is 0.387 e. The lowest BCUT2D eigenvalue weighted by molar-refractivity contribution is -0.0543. The lowest BCUT2D eigenvalue weighted by Gasteiger charge is -2.22. The van der Waals surface area contributed by atoms with Crippen LogP contribution in [0.1, 0.15) is 46.1 Å². The maximum atomic E-state index is 12.6. The highest BCUT2D eigenvalue weighted by Gasteiger charge is 2.58. The number of rotatable bonds is 9. The molecule has 0 aliphatic heterocycles. The van der Waals surface area contributed by atoms with Crippen molar-refractivity contribution in [2.75, 3.05) is 12.3 Å². The smallest absolute Gasteiger partial charge is 0.387 e. The fourth-order valence-corrected chi connectivity index (χ4v) is 4.25. The van der Waals surface area contributed by atoms with Crippen molar-refractivity contribution in [2.45, 2.75) is 64.9 Å². The SMILES string of the molecule is CC(C)N=C(C=C(N)c1cnc(N)c(OC(F)F)c1)C1[C@H]2CC(OCC(C)(C)O)C[C@@H]12. The fraction of sp³-hybridized carbons (Fsp3) is 0.636. The summed E-state index contributed by atoms with van der Waals surface area (Å²) in [6.07, 6.45) is 5.23. The number of allylic oxidation sites excluding steroid dienone is 1. The zero-order valence-corrected chi connectivity index (χ0v) is 18.4. The number of fused-ring (bicyclic) bond motifs is 1. The fourth-order valence-electron chi connectivity index (χ4n) is 4.25. The van der Waals surface area contributed by atoms with Crippen molar-refractivity contribution in [2.24, 2.45) is 28.5 Å². The Morgan fingerprint density at radius 3 is 2.55 bits per heavy atom. The van der Waals surface area contributed by atoms with E-state index in [0.29, 0.717) is 35.6 Å². The molecule has 0 spiro atoms. The Morgan fingerprint density at radius 1 is 1.35 bits per heavy atom. The van der Waals surface area contributed by atoms with E-state index in [1.54, 1.807) is 19.9 Å². The molecule has 4 atom stereocenters. The van der Waals surface area contributed by atoms with Crippen LogP contribution in [0.5, 0.6) is 5.75 Å². The highest BCUT2D eigenvalue weighted by molar-refractivity contribution is 6.04. The lowest BCUT2D eigenvalue weighted by atomic mass is 10.0. The number of ether oxygens (including phenoxy) is 2. The number of aliphatic imine (C=N–C) groups is 1. The van der Waals surface area contributed by atoms with Crippen LogP contribution in [0.4, 0.5) is 14.6 Å². The van der Waals surface area contributed by atoms with Crippen LogP contribution in [-0.4, -0.2) is 46.8 Å². The molecule has 0 amide bonds. The molecule has 172 valence electrons. The highest BCUT2D eigenvalue weighted by Crippen LogP contribution is 2.59. The van der Waals surface area contributed by atoms with Crippen LogP contribution >= 0.6 is 0 Å². The van der Waals surface area contributed by atoms with E-state index in [4.69, 9.17) is 21.2 Å². The second-order valence-corrected chi connectivity index (χ2v) is 9.30. The molecule has 5 N–H and O–H groups in total. The summed E-state index contributed by atoms with van der Waals surface area (Å²) in [5.74, 6) is 0.899. The summed E-state index contributed by atoms with van der Waals surface area (Å²) < 4.78 is 35.5. The van der Waals surface area contributed by atoms with E-state index in [9.17, 15) is 13.9 Å². The van der Waals surface area contributed by atoms with Crippen molar-refractivity contribution in [3.8, 4) is 5.75 Å². The molecule has 2 aliphatic carbocycles. The Labute approximate surface area is 181 Å². The average molecular weight is 439 g/mol. The topological polar surface area (TPSA) is 116 Å². The molecule has 1 aromatic heterocycles. The minimum atomic E-state index is -3.00. The van der Waals surface area contributed by atoms with Crippen LogP contribution in [0.25, 0.3) is 5.70 Å². The molecule has 0 radical (unpaired) electrons. The Bertz CT molecular complexity index is 840. The van der Waals surface area contributed by atoms with Gasteiger partial charge in [-0.15, -0.1) is 0 Å². The first-order chi connectivity index (χ1) is 14.4. The molecule has 0 aromatic carbocycles. The lowest BCUT2D eigenvalue weighted by Crippen LogP contribution is -2.29. The standard InChI is InChI=1S/C22H32F2N4O3/c1-11(2)28-17(19-14-6-13(7-15(14)19)30-10-22(3,4)29)8-16(25)12-5-18(31-21(23)24)20(26)27-9-12/h5,8-9,11,13-15,19,21,29H,6-7,10,25H2,1-4H3,(H2,26,27)/t13?,14-,15+,19?.